The molecule has 1 nitrogen and oxygen atoms in total. The zero-order valence-corrected chi connectivity index (χ0v) is 8.25. The van der Waals surface area contributed by atoms with Crippen molar-refractivity contribution in [2.45, 2.75) is 39.5 Å². The fourth-order valence-electron chi connectivity index (χ4n) is 1.33. The second-order valence-electron chi connectivity index (χ2n) is 3.39. The number of carbonyl (C=O) groups is 1. The van der Waals surface area contributed by atoms with E-state index in [1.807, 2.05) is 13.0 Å². The van der Waals surface area contributed by atoms with Crippen LogP contribution in [0, 0.1) is 11.8 Å². The lowest BCUT2D eigenvalue weighted by Crippen LogP contribution is -2.10. The molecule has 0 N–H and O–H groups in total. The quantitative estimate of drug-likeness (QED) is 0.324. The van der Waals surface area contributed by atoms with Crippen molar-refractivity contribution in [2.24, 2.45) is 11.8 Å². The van der Waals surface area contributed by atoms with Gasteiger partial charge in [0, 0.05) is 5.92 Å². The molecule has 0 aliphatic rings. The molecule has 0 amide bonds. The van der Waals surface area contributed by atoms with E-state index in [9.17, 15) is 4.79 Å². The van der Waals surface area contributed by atoms with Gasteiger partial charge in [-0.15, -0.1) is 6.58 Å². The highest BCUT2D eigenvalue weighted by molar-refractivity contribution is 5.53. The van der Waals surface area contributed by atoms with Crippen LogP contribution in [0.5, 0.6) is 0 Å². The van der Waals surface area contributed by atoms with E-state index in [0.29, 0.717) is 5.92 Å². The highest BCUT2D eigenvalue weighted by atomic mass is 16.1. The highest BCUT2D eigenvalue weighted by Crippen LogP contribution is 2.18. The van der Waals surface area contributed by atoms with Gasteiger partial charge < -0.3 is 4.79 Å². The van der Waals surface area contributed by atoms with Crippen molar-refractivity contribution in [1.82, 2.24) is 0 Å². The molecule has 0 aliphatic heterocycles. The number of hydrogen-bond acceptors (Lipinski definition) is 1. The molecule has 0 rings (SSSR count). The molecule has 0 radical (unpaired) electrons. The van der Waals surface area contributed by atoms with Gasteiger partial charge >= 0.3 is 0 Å². The first-order chi connectivity index (χ1) is 5.76. The van der Waals surface area contributed by atoms with Crippen molar-refractivity contribution >= 4 is 6.29 Å². The van der Waals surface area contributed by atoms with Crippen molar-refractivity contribution in [3.05, 3.63) is 12.7 Å². The molecular weight excluding hydrogens is 148 g/mol. The maximum absolute atomic E-state index is 10.5. The molecule has 70 valence electrons. The zero-order chi connectivity index (χ0) is 9.40. The molecule has 2 atom stereocenters. The van der Waals surface area contributed by atoms with Crippen LogP contribution in [0.1, 0.15) is 39.5 Å². The van der Waals surface area contributed by atoms with Gasteiger partial charge in [-0.05, 0) is 12.3 Å². The van der Waals surface area contributed by atoms with Crippen LogP contribution >= 0.6 is 0 Å². The molecule has 0 bridgehead atoms. The lowest BCUT2D eigenvalue weighted by atomic mass is 9.90. The Balaban J connectivity index is 3.66. The summed E-state index contributed by atoms with van der Waals surface area (Å²) in [6.45, 7) is 7.90. The van der Waals surface area contributed by atoms with Gasteiger partial charge in [0.25, 0.3) is 0 Å². The van der Waals surface area contributed by atoms with Crippen LogP contribution in [0.3, 0.4) is 0 Å². The van der Waals surface area contributed by atoms with Crippen molar-refractivity contribution in [3.8, 4) is 0 Å². The standard InChI is InChI=1S/C11H20O/c1-4-6-7-8-11(5-2)10(3)9-12/h5,9-11H,2,4,6-8H2,1,3H3. The van der Waals surface area contributed by atoms with Crippen LogP contribution in [0.25, 0.3) is 0 Å². The van der Waals surface area contributed by atoms with E-state index in [1.54, 1.807) is 0 Å². The summed E-state index contributed by atoms with van der Waals surface area (Å²) in [4.78, 5) is 10.5. The van der Waals surface area contributed by atoms with Crippen LogP contribution in [-0.2, 0) is 4.79 Å². The molecule has 0 heterocycles. The van der Waals surface area contributed by atoms with Crippen molar-refractivity contribution in [1.29, 1.82) is 0 Å². The minimum atomic E-state index is 0.138. The third kappa shape index (κ3) is 4.32. The number of aldehydes is 1. The predicted molar refractivity (Wildman–Crippen MR) is 53.1 cm³/mol. The maximum atomic E-state index is 10.5. The number of allylic oxidation sites excluding steroid dienone is 1. The van der Waals surface area contributed by atoms with E-state index in [0.717, 1.165) is 12.7 Å². The van der Waals surface area contributed by atoms with Crippen LogP contribution < -0.4 is 0 Å². The lowest BCUT2D eigenvalue weighted by Gasteiger charge is -2.14. The first kappa shape index (κ1) is 11.4. The summed E-state index contributed by atoms with van der Waals surface area (Å²) in [6, 6.07) is 0. The average molecular weight is 168 g/mol. The summed E-state index contributed by atoms with van der Waals surface area (Å²) in [6.07, 6.45) is 7.75. The topological polar surface area (TPSA) is 17.1 Å². The molecule has 0 aromatic rings. The van der Waals surface area contributed by atoms with E-state index in [-0.39, 0.29) is 5.92 Å². The van der Waals surface area contributed by atoms with Gasteiger partial charge in [-0.1, -0.05) is 39.2 Å². The highest BCUT2D eigenvalue weighted by Gasteiger charge is 2.11. The van der Waals surface area contributed by atoms with Crippen LogP contribution in [0.4, 0.5) is 0 Å². The number of rotatable bonds is 7. The Kier molecular flexibility index (Phi) is 6.73. The Bertz CT molecular complexity index is 129. The number of hydrogen-bond donors (Lipinski definition) is 0. The van der Waals surface area contributed by atoms with Gasteiger partial charge in [0.2, 0.25) is 0 Å². The smallest absolute Gasteiger partial charge is 0.123 e. The number of unbranched alkanes of at least 4 members (excludes halogenated alkanes) is 2. The van der Waals surface area contributed by atoms with Crippen molar-refractivity contribution < 1.29 is 4.79 Å². The van der Waals surface area contributed by atoms with Gasteiger partial charge in [-0.2, -0.15) is 0 Å². The fraction of sp³-hybridized carbons (Fsp3) is 0.727. The van der Waals surface area contributed by atoms with Gasteiger partial charge in [0.15, 0.2) is 0 Å². The molecular formula is C11H20O. The Morgan fingerprint density at radius 3 is 2.50 bits per heavy atom. The minimum absolute atomic E-state index is 0.138. The molecule has 0 fully saturated rings. The summed E-state index contributed by atoms with van der Waals surface area (Å²) in [5.41, 5.74) is 0. The van der Waals surface area contributed by atoms with E-state index in [4.69, 9.17) is 0 Å². The molecule has 0 saturated heterocycles. The summed E-state index contributed by atoms with van der Waals surface area (Å²) >= 11 is 0. The molecule has 0 spiro atoms. The van der Waals surface area contributed by atoms with Gasteiger partial charge in [0.1, 0.15) is 6.29 Å². The van der Waals surface area contributed by atoms with Crippen molar-refractivity contribution in [3.63, 3.8) is 0 Å². The monoisotopic (exact) mass is 168 g/mol. The summed E-state index contributed by atoms with van der Waals surface area (Å²) in [5.74, 6) is 0.522. The summed E-state index contributed by atoms with van der Waals surface area (Å²) < 4.78 is 0. The first-order valence-electron chi connectivity index (χ1n) is 4.84. The third-order valence-corrected chi connectivity index (χ3v) is 2.33. The van der Waals surface area contributed by atoms with Gasteiger partial charge in [-0.25, -0.2) is 0 Å². The molecule has 12 heavy (non-hydrogen) atoms. The Morgan fingerprint density at radius 2 is 2.08 bits per heavy atom. The van der Waals surface area contributed by atoms with Crippen molar-refractivity contribution in [2.75, 3.05) is 0 Å². The fourth-order valence-corrected chi connectivity index (χ4v) is 1.33. The molecule has 0 aromatic carbocycles. The zero-order valence-electron chi connectivity index (χ0n) is 8.25. The third-order valence-electron chi connectivity index (χ3n) is 2.33. The average Bonchev–Trinajstić information content (AvgIpc) is 2.11. The summed E-state index contributed by atoms with van der Waals surface area (Å²) in [7, 11) is 0. The number of carbonyl (C=O) groups excluding carboxylic acids is 1. The van der Waals surface area contributed by atoms with E-state index < -0.39 is 0 Å². The first-order valence-corrected chi connectivity index (χ1v) is 4.84. The Labute approximate surface area is 75.9 Å². The Morgan fingerprint density at radius 1 is 1.42 bits per heavy atom. The normalized spacial score (nSPS) is 15.2. The Hall–Kier alpha value is -0.590. The lowest BCUT2D eigenvalue weighted by molar-refractivity contribution is -0.111. The molecule has 0 saturated carbocycles. The van der Waals surface area contributed by atoms with Crippen LogP contribution in [0.2, 0.25) is 0 Å². The SMILES string of the molecule is C=CC(CCCCC)C(C)C=O. The maximum Gasteiger partial charge on any atom is 0.123 e. The van der Waals surface area contributed by atoms with E-state index in [2.05, 4.69) is 13.5 Å². The predicted octanol–water partition coefficient (Wildman–Crippen LogP) is 3.20. The second kappa shape index (κ2) is 7.08. The summed E-state index contributed by atoms with van der Waals surface area (Å²) in [5, 5.41) is 0. The van der Waals surface area contributed by atoms with Crippen LogP contribution in [-0.4, -0.2) is 6.29 Å². The molecule has 1 heteroatoms. The van der Waals surface area contributed by atoms with E-state index in [1.165, 1.54) is 19.3 Å². The minimum Gasteiger partial charge on any atom is -0.303 e. The van der Waals surface area contributed by atoms with Gasteiger partial charge in [0.05, 0.1) is 0 Å². The largest absolute Gasteiger partial charge is 0.303 e. The molecule has 0 aliphatic carbocycles. The molecule has 0 aromatic heterocycles. The second-order valence-corrected chi connectivity index (χ2v) is 3.39. The molecule has 2 unspecified atom stereocenters. The van der Waals surface area contributed by atoms with Gasteiger partial charge in [-0.3, -0.25) is 0 Å². The van der Waals surface area contributed by atoms with E-state index >= 15 is 0 Å². The van der Waals surface area contributed by atoms with Crippen LogP contribution in [0.15, 0.2) is 12.7 Å².